The predicted molar refractivity (Wildman–Crippen MR) is 107 cm³/mol. The Hall–Kier alpha value is -3.52. The summed E-state index contributed by atoms with van der Waals surface area (Å²) in [5.41, 5.74) is 1.18. The van der Waals surface area contributed by atoms with Gasteiger partial charge in [0.25, 0.3) is 11.2 Å². The Morgan fingerprint density at radius 3 is 2.57 bits per heavy atom. The first-order valence-corrected chi connectivity index (χ1v) is 9.05. The van der Waals surface area contributed by atoms with Crippen molar-refractivity contribution in [2.24, 2.45) is 0 Å². The lowest BCUT2D eigenvalue weighted by atomic mass is 10.1. The van der Waals surface area contributed by atoms with Gasteiger partial charge < -0.3 is 9.72 Å². The predicted octanol–water partition coefficient (Wildman–Crippen LogP) is 2.15. The first-order chi connectivity index (χ1) is 13.4. The molecule has 142 valence electrons. The Morgan fingerprint density at radius 2 is 1.93 bits per heavy atom. The van der Waals surface area contributed by atoms with Gasteiger partial charge in [0.2, 0.25) is 0 Å². The molecule has 8 heteroatoms. The molecule has 0 saturated carbocycles. The molecular formula is C20H16N2O5S. The SMILES string of the molecule is COc1ccc(C(=O)C=c2[nH]c(=O)c(=Cc3ccc(C)c([N+](=O)[O-])c3)s2)cc1. The van der Waals surface area contributed by atoms with Crippen LogP contribution in [-0.4, -0.2) is 22.8 Å². The number of carbonyl (C=O) groups excluding carboxylic acids is 1. The fourth-order valence-electron chi connectivity index (χ4n) is 2.55. The van der Waals surface area contributed by atoms with Gasteiger partial charge in [-0.1, -0.05) is 12.1 Å². The largest absolute Gasteiger partial charge is 0.497 e. The number of aryl methyl sites for hydroxylation is 1. The number of methoxy groups -OCH3 is 1. The molecule has 0 unspecified atom stereocenters. The number of nitro groups is 1. The summed E-state index contributed by atoms with van der Waals surface area (Å²) < 4.78 is 5.82. The lowest BCUT2D eigenvalue weighted by Gasteiger charge is -1.99. The summed E-state index contributed by atoms with van der Waals surface area (Å²) in [7, 11) is 1.54. The molecular weight excluding hydrogens is 380 g/mol. The van der Waals surface area contributed by atoms with Gasteiger partial charge in [0, 0.05) is 23.3 Å². The van der Waals surface area contributed by atoms with Gasteiger partial charge in [-0.2, -0.15) is 0 Å². The smallest absolute Gasteiger partial charge is 0.272 e. The summed E-state index contributed by atoms with van der Waals surface area (Å²) in [5, 5.41) is 11.1. The van der Waals surface area contributed by atoms with Crippen LogP contribution < -0.4 is 19.5 Å². The van der Waals surface area contributed by atoms with E-state index in [2.05, 4.69) is 4.98 Å². The van der Waals surface area contributed by atoms with Crippen LogP contribution in [0.3, 0.4) is 0 Å². The number of H-pyrrole nitrogens is 1. The zero-order valence-corrected chi connectivity index (χ0v) is 15.9. The molecule has 0 radical (unpaired) electrons. The fraction of sp³-hybridized carbons (Fsp3) is 0.100. The van der Waals surface area contributed by atoms with E-state index in [1.807, 2.05) is 0 Å². The highest BCUT2D eigenvalue weighted by Crippen LogP contribution is 2.19. The van der Waals surface area contributed by atoms with Crippen LogP contribution in [0.5, 0.6) is 5.75 Å². The average Bonchev–Trinajstić information content (AvgIpc) is 3.01. The minimum atomic E-state index is -0.460. The number of hydrogen-bond donors (Lipinski definition) is 1. The Bertz CT molecular complexity index is 1220. The number of carbonyl (C=O) groups is 1. The highest BCUT2D eigenvalue weighted by molar-refractivity contribution is 7.07. The zero-order chi connectivity index (χ0) is 20.3. The molecule has 7 nitrogen and oxygen atoms in total. The molecule has 0 aliphatic carbocycles. The highest BCUT2D eigenvalue weighted by Gasteiger charge is 2.10. The van der Waals surface area contributed by atoms with Gasteiger partial charge >= 0.3 is 0 Å². The summed E-state index contributed by atoms with van der Waals surface area (Å²) >= 11 is 1.11. The third kappa shape index (κ3) is 4.24. The molecule has 0 atom stereocenters. The molecule has 0 bridgehead atoms. The molecule has 0 aliphatic heterocycles. The van der Waals surface area contributed by atoms with Gasteiger partial charge in [0.15, 0.2) is 5.78 Å². The molecule has 0 saturated heterocycles. The number of benzene rings is 2. The van der Waals surface area contributed by atoms with Crippen LogP contribution >= 0.6 is 11.3 Å². The molecule has 28 heavy (non-hydrogen) atoms. The summed E-state index contributed by atoms with van der Waals surface area (Å²) in [6, 6.07) is 11.4. The maximum atomic E-state index is 12.4. The van der Waals surface area contributed by atoms with E-state index in [9.17, 15) is 19.7 Å². The van der Waals surface area contributed by atoms with Crippen molar-refractivity contribution in [1.29, 1.82) is 0 Å². The number of ketones is 1. The normalized spacial score (nSPS) is 12.2. The Morgan fingerprint density at radius 1 is 1.21 bits per heavy atom. The standard InChI is InChI=1S/C20H16N2O5S/c1-12-3-4-13(9-16(12)22(25)26)10-18-20(24)21-19(28-18)11-17(23)14-5-7-15(27-2)8-6-14/h3-11H,1-2H3,(H,21,24). The molecule has 1 aromatic heterocycles. The first kappa shape index (κ1) is 19.2. The highest BCUT2D eigenvalue weighted by atomic mass is 32.1. The number of nitro benzene ring substituents is 1. The van der Waals surface area contributed by atoms with Crippen molar-refractivity contribution in [1.82, 2.24) is 4.98 Å². The molecule has 0 spiro atoms. The van der Waals surface area contributed by atoms with E-state index in [4.69, 9.17) is 4.74 Å². The van der Waals surface area contributed by atoms with E-state index in [0.29, 0.717) is 31.6 Å². The average molecular weight is 396 g/mol. The number of rotatable bonds is 5. The molecule has 0 amide bonds. The molecule has 3 aromatic rings. The van der Waals surface area contributed by atoms with Crippen LogP contribution in [0.25, 0.3) is 12.2 Å². The summed E-state index contributed by atoms with van der Waals surface area (Å²) in [6.07, 6.45) is 2.91. The molecule has 0 aliphatic rings. The van der Waals surface area contributed by atoms with E-state index in [0.717, 1.165) is 11.3 Å². The monoisotopic (exact) mass is 396 g/mol. The van der Waals surface area contributed by atoms with Crippen LogP contribution in [0.1, 0.15) is 21.5 Å². The van der Waals surface area contributed by atoms with Crippen LogP contribution in [0.2, 0.25) is 0 Å². The summed E-state index contributed by atoms with van der Waals surface area (Å²) in [4.78, 5) is 37.8. The number of ether oxygens (including phenoxy) is 1. The second-order valence-electron chi connectivity index (χ2n) is 5.97. The second-order valence-corrected chi connectivity index (χ2v) is 7.05. The van der Waals surface area contributed by atoms with Crippen LogP contribution in [0, 0.1) is 17.0 Å². The number of nitrogens with zero attached hydrogens (tertiary/aromatic N) is 1. The van der Waals surface area contributed by atoms with Crippen LogP contribution in [-0.2, 0) is 0 Å². The second kappa shape index (κ2) is 8.01. The Balaban J connectivity index is 1.96. The number of aromatic amines is 1. The third-order valence-corrected chi connectivity index (χ3v) is 5.01. The van der Waals surface area contributed by atoms with Gasteiger partial charge in [-0.25, -0.2) is 0 Å². The van der Waals surface area contributed by atoms with E-state index in [1.54, 1.807) is 56.5 Å². The van der Waals surface area contributed by atoms with E-state index < -0.39 is 4.92 Å². The topological polar surface area (TPSA) is 102 Å². The third-order valence-electron chi connectivity index (χ3n) is 4.04. The van der Waals surface area contributed by atoms with Crippen LogP contribution in [0.15, 0.2) is 47.3 Å². The van der Waals surface area contributed by atoms with Gasteiger partial charge in [0.1, 0.15) is 5.75 Å². The molecule has 1 N–H and O–H groups in total. The zero-order valence-electron chi connectivity index (χ0n) is 15.1. The van der Waals surface area contributed by atoms with Crippen molar-refractivity contribution in [2.45, 2.75) is 6.92 Å². The minimum absolute atomic E-state index is 0.0109. The molecule has 2 aromatic carbocycles. The van der Waals surface area contributed by atoms with E-state index >= 15 is 0 Å². The summed E-state index contributed by atoms with van der Waals surface area (Å²) in [5.74, 6) is 0.392. The van der Waals surface area contributed by atoms with Crippen molar-refractivity contribution in [3.05, 3.63) is 88.8 Å². The molecule has 1 heterocycles. The van der Waals surface area contributed by atoms with E-state index in [1.165, 1.54) is 12.1 Å². The minimum Gasteiger partial charge on any atom is -0.497 e. The number of hydrogen-bond acceptors (Lipinski definition) is 6. The quantitative estimate of drug-likeness (QED) is 0.404. The van der Waals surface area contributed by atoms with Crippen LogP contribution in [0.4, 0.5) is 5.69 Å². The Kier molecular flexibility index (Phi) is 5.51. The number of aromatic nitrogens is 1. The maximum absolute atomic E-state index is 12.4. The van der Waals surface area contributed by atoms with Crippen molar-refractivity contribution in [3.8, 4) is 5.75 Å². The van der Waals surface area contributed by atoms with Crippen molar-refractivity contribution in [2.75, 3.05) is 7.11 Å². The summed E-state index contributed by atoms with van der Waals surface area (Å²) in [6.45, 7) is 1.65. The fourth-order valence-corrected chi connectivity index (χ4v) is 3.43. The van der Waals surface area contributed by atoms with Crippen molar-refractivity contribution >= 4 is 35.0 Å². The van der Waals surface area contributed by atoms with Gasteiger partial charge in [0.05, 0.1) is 21.2 Å². The van der Waals surface area contributed by atoms with Crippen molar-refractivity contribution in [3.63, 3.8) is 0 Å². The number of thiazole rings is 1. The number of Topliss-reactive ketones (excluding diaryl/α,β-unsaturated/α-hetero) is 1. The first-order valence-electron chi connectivity index (χ1n) is 8.23. The molecule has 3 rings (SSSR count). The van der Waals surface area contributed by atoms with E-state index in [-0.39, 0.29) is 17.0 Å². The van der Waals surface area contributed by atoms with Crippen molar-refractivity contribution < 1.29 is 14.5 Å². The molecule has 0 fully saturated rings. The lowest BCUT2D eigenvalue weighted by Crippen LogP contribution is -2.20. The lowest BCUT2D eigenvalue weighted by molar-refractivity contribution is -0.385. The van der Waals surface area contributed by atoms with Gasteiger partial charge in [-0.05, 0) is 42.8 Å². The van der Waals surface area contributed by atoms with Gasteiger partial charge in [-0.15, -0.1) is 11.3 Å². The van der Waals surface area contributed by atoms with Gasteiger partial charge in [-0.3, -0.25) is 19.7 Å². The Labute approximate surface area is 163 Å². The number of nitrogens with one attached hydrogen (secondary N) is 1. The maximum Gasteiger partial charge on any atom is 0.272 e.